The van der Waals surface area contributed by atoms with E-state index >= 15 is 0 Å². The lowest BCUT2D eigenvalue weighted by molar-refractivity contribution is -0.142. The van der Waals surface area contributed by atoms with Gasteiger partial charge in [-0.1, -0.05) is 0 Å². The fourth-order valence-electron chi connectivity index (χ4n) is 1.87. The van der Waals surface area contributed by atoms with Crippen LogP contribution in [0.5, 0.6) is 0 Å². The van der Waals surface area contributed by atoms with Crippen molar-refractivity contribution in [1.82, 2.24) is 4.90 Å². The van der Waals surface area contributed by atoms with Gasteiger partial charge < -0.3 is 4.74 Å². The van der Waals surface area contributed by atoms with Crippen LogP contribution < -0.4 is 5.01 Å². The lowest BCUT2D eigenvalue weighted by atomic mass is 10.3. The van der Waals surface area contributed by atoms with E-state index < -0.39 is 12.3 Å². The highest BCUT2D eigenvalue weighted by Crippen LogP contribution is 2.24. The molecular formula is C14H15FN4O2. The number of anilines is 1. The molecular weight excluding hydrogens is 275 g/mol. The number of carbonyl (C=O) groups excluding carboxylic acids is 1. The van der Waals surface area contributed by atoms with Crippen LogP contribution in [0.3, 0.4) is 0 Å². The molecule has 0 bridgehead atoms. The van der Waals surface area contributed by atoms with Crippen molar-refractivity contribution >= 4 is 17.3 Å². The lowest BCUT2D eigenvalue weighted by Gasteiger charge is -2.39. The van der Waals surface area contributed by atoms with E-state index in [4.69, 9.17) is 10.00 Å². The van der Waals surface area contributed by atoms with Crippen LogP contribution in [-0.4, -0.2) is 36.0 Å². The molecule has 7 heteroatoms. The molecule has 0 unspecified atom stereocenters. The molecule has 0 aliphatic carbocycles. The zero-order valence-electron chi connectivity index (χ0n) is 11.9. The van der Waals surface area contributed by atoms with Crippen molar-refractivity contribution < 1.29 is 13.9 Å². The fourth-order valence-corrected chi connectivity index (χ4v) is 1.87. The van der Waals surface area contributed by atoms with Gasteiger partial charge in [0.05, 0.1) is 11.8 Å². The van der Waals surface area contributed by atoms with Crippen molar-refractivity contribution in [3.8, 4) is 6.07 Å². The van der Waals surface area contributed by atoms with Gasteiger partial charge in [0.1, 0.15) is 11.9 Å². The highest BCUT2D eigenvalue weighted by atomic mass is 19.1. The van der Waals surface area contributed by atoms with Crippen LogP contribution in [0.15, 0.2) is 29.4 Å². The molecule has 1 aromatic carbocycles. The number of hydrazone groups is 1. The van der Waals surface area contributed by atoms with E-state index in [0.29, 0.717) is 5.69 Å². The summed E-state index contributed by atoms with van der Waals surface area (Å²) in [4.78, 5) is 13.3. The lowest BCUT2D eigenvalue weighted by Crippen LogP contribution is -2.55. The van der Waals surface area contributed by atoms with E-state index in [1.807, 2.05) is 13.8 Å². The Morgan fingerprint density at radius 2 is 2.00 bits per heavy atom. The summed E-state index contributed by atoms with van der Waals surface area (Å²) >= 11 is 0. The third-order valence-electron chi connectivity index (χ3n) is 2.86. The summed E-state index contributed by atoms with van der Waals surface area (Å²) in [5.74, 6) is -0.896. The number of carbonyl (C=O) groups is 1. The third kappa shape index (κ3) is 3.01. The number of nitrogens with zero attached hydrogens (tertiary/aromatic N) is 4. The molecule has 0 saturated heterocycles. The Morgan fingerprint density at radius 1 is 1.38 bits per heavy atom. The summed E-state index contributed by atoms with van der Waals surface area (Å²) in [5.41, 5.74) is 0.277. The van der Waals surface area contributed by atoms with Crippen LogP contribution in [0.2, 0.25) is 0 Å². The molecule has 6 nitrogen and oxygen atoms in total. The van der Waals surface area contributed by atoms with E-state index in [9.17, 15) is 9.18 Å². The number of benzene rings is 1. The van der Waals surface area contributed by atoms with Crippen LogP contribution in [0.4, 0.5) is 10.1 Å². The summed E-state index contributed by atoms with van der Waals surface area (Å²) in [6.45, 7) is 3.65. The van der Waals surface area contributed by atoms with Gasteiger partial charge in [-0.3, -0.25) is 9.69 Å². The second kappa shape index (κ2) is 5.89. The molecule has 1 heterocycles. The van der Waals surface area contributed by atoms with Crippen molar-refractivity contribution in [2.75, 3.05) is 12.1 Å². The van der Waals surface area contributed by atoms with Gasteiger partial charge in [-0.05, 0) is 38.1 Å². The molecule has 21 heavy (non-hydrogen) atoms. The molecule has 1 amide bonds. The first-order chi connectivity index (χ1) is 9.93. The monoisotopic (exact) mass is 290 g/mol. The zero-order chi connectivity index (χ0) is 15.6. The number of ether oxygens (including phenoxy) is 1. The highest BCUT2D eigenvalue weighted by Gasteiger charge is 2.36. The summed E-state index contributed by atoms with van der Waals surface area (Å²) in [6.07, 6.45) is -0.952. The fraction of sp³-hybridized carbons (Fsp3) is 0.357. The first kappa shape index (κ1) is 14.9. The van der Waals surface area contributed by atoms with Gasteiger partial charge in [0, 0.05) is 7.05 Å². The summed E-state index contributed by atoms with van der Waals surface area (Å²) < 4.78 is 18.7. The number of nitriles is 1. The molecule has 0 spiro atoms. The zero-order valence-corrected chi connectivity index (χ0v) is 11.9. The maximum Gasteiger partial charge on any atom is 0.288 e. The Labute approximate surface area is 122 Å². The molecule has 1 aliphatic heterocycles. The summed E-state index contributed by atoms with van der Waals surface area (Å²) in [6, 6.07) is 7.33. The van der Waals surface area contributed by atoms with Crippen LogP contribution in [-0.2, 0) is 9.53 Å². The van der Waals surface area contributed by atoms with Crippen LogP contribution in [0, 0.1) is 17.1 Å². The SMILES string of the molecule is CC(C)O[C@@H]1N(C)C(=O)C(C#N)=NN1c1ccc(F)cc1. The molecule has 0 N–H and O–H groups in total. The van der Waals surface area contributed by atoms with Crippen molar-refractivity contribution in [2.24, 2.45) is 5.10 Å². The molecule has 0 saturated carbocycles. The highest BCUT2D eigenvalue weighted by molar-refractivity contribution is 6.45. The van der Waals surface area contributed by atoms with Gasteiger partial charge in [0.2, 0.25) is 12.1 Å². The van der Waals surface area contributed by atoms with Gasteiger partial charge in [-0.25, -0.2) is 9.40 Å². The number of amides is 1. The van der Waals surface area contributed by atoms with E-state index in [-0.39, 0.29) is 17.6 Å². The summed E-state index contributed by atoms with van der Waals surface area (Å²) in [5, 5.41) is 14.4. The number of hydrogen-bond donors (Lipinski definition) is 0. The van der Waals surface area contributed by atoms with Crippen molar-refractivity contribution in [1.29, 1.82) is 5.26 Å². The van der Waals surface area contributed by atoms with Crippen LogP contribution in [0.1, 0.15) is 13.8 Å². The minimum Gasteiger partial charge on any atom is -0.336 e. The Kier molecular flexibility index (Phi) is 4.19. The second-order valence-electron chi connectivity index (χ2n) is 4.81. The topological polar surface area (TPSA) is 68.9 Å². The van der Waals surface area contributed by atoms with Gasteiger partial charge in [-0.2, -0.15) is 10.4 Å². The van der Waals surface area contributed by atoms with Crippen LogP contribution in [0.25, 0.3) is 0 Å². The Morgan fingerprint density at radius 3 is 2.52 bits per heavy atom. The van der Waals surface area contributed by atoms with E-state index in [2.05, 4.69) is 5.10 Å². The molecule has 110 valence electrons. The van der Waals surface area contributed by atoms with E-state index in [1.54, 1.807) is 6.07 Å². The van der Waals surface area contributed by atoms with Gasteiger partial charge in [0.15, 0.2) is 0 Å². The number of rotatable bonds is 3. The minimum absolute atomic E-state index is 0.160. The Balaban J connectivity index is 2.45. The molecule has 0 fully saturated rings. The summed E-state index contributed by atoms with van der Waals surface area (Å²) in [7, 11) is 1.53. The van der Waals surface area contributed by atoms with E-state index in [1.165, 1.54) is 41.2 Å². The van der Waals surface area contributed by atoms with Crippen molar-refractivity contribution in [3.63, 3.8) is 0 Å². The first-order valence-electron chi connectivity index (χ1n) is 6.40. The molecule has 2 rings (SSSR count). The largest absolute Gasteiger partial charge is 0.336 e. The molecule has 1 aromatic rings. The quantitative estimate of drug-likeness (QED) is 0.849. The minimum atomic E-state index is -0.792. The van der Waals surface area contributed by atoms with Crippen molar-refractivity contribution in [3.05, 3.63) is 30.1 Å². The molecule has 0 aromatic heterocycles. The molecule has 0 radical (unpaired) electrons. The number of hydrogen-bond acceptors (Lipinski definition) is 5. The predicted molar refractivity (Wildman–Crippen MR) is 74.7 cm³/mol. The molecule has 1 aliphatic rings. The average molecular weight is 290 g/mol. The smallest absolute Gasteiger partial charge is 0.288 e. The predicted octanol–water partition coefficient (Wildman–Crippen LogP) is 1.69. The van der Waals surface area contributed by atoms with Crippen molar-refractivity contribution in [2.45, 2.75) is 26.3 Å². The molecule has 1 atom stereocenters. The standard InChI is InChI=1S/C14H15FN4O2/c1-9(2)21-14-18(3)13(20)12(8-16)17-19(14)11-6-4-10(15)5-7-11/h4-7,9,14H,1-3H3/t14-/m1/s1. The second-order valence-corrected chi connectivity index (χ2v) is 4.81. The van der Waals surface area contributed by atoms with Gasteiger partial charge in [0.25, 0.3) is 5.91 Å². The third-order valence-corrected chi connectivity index (χ3v) is 2.86. The maximum absolute atomic E-state index is 13.0. The van der Waals surface area contributed by atoms with Gasteiger partial charge >= 0.3 is 0 Å². The maximum atomic E-state index is 13.0. The van der Waals surface area contributed by atoms with Crippen LogP contribution >= 0.6 is 0 Å². The average Bonchev–Trinajstić information content (AvgIpc) is 2.45. The Hall–Kier alpha value is -2.46. The van der Waals surface area contributed by atoms with Gasteiger partial charge in [-0.15, -0.1) is 0 Å². The first-order valence-corrected chi connectivity index (χ1v) is 6.40. The number of halogens is 1. The van der Waals surface area contributed by atoms with E-state index in [0.717, 1.165) is 0 Å². The Bertz CT molecular complexity index is 606. The normalized spacial score (nSPS) is 18.8.